The molecule has 82 valence electrons. The van der Waals surface area contributed by atoms with Gasteiger partial charge in [0.15, 0.2) is 0 Å². The summed E-state index contributed by atoms with van der Waals surface area (Å²) in [5, 5.41) is 18.8. The quantitative estimate of drug-likeness (QED) is 0.620. The van der Waals surface area contributed by atoms with Crippen LogP contribution in [0.4, 0.5) is 0 Å². The molecule has 16 heavy (non-hydrogen) atoms. The topological polar surface area (TPSA) is 44.0 Å². The zero-order chi connectivity index (χ0) is 12.3. The van der Waals surface area contributed by atoms with Crippen molar-refractivity contribution in [3.63, 3.8) is 0 Å². The number of benzene rings is 1. The van der Waals surface area contributed by atoms with Crippen LogP contribution in [0.25, 0.3) is 5.57 Å². The van der Waals surface area contributed by atoms with Crippen LogP contribution in [-0.2, 0) is 0 Å². The Balaban J connectivity index is 3.54. The molecule has 0 radical (unpaired) electrons. The molecule has 1 aromatic carbocycles. The third-order valence-electron chi connectivity index (χ3n) is 2.28. The predicted molar refractivity (Wildman–Crippen MR) is 66.3 cm³/mol. The first-order valence-corrected chi connectivity index (χ1v) is 5.12. The molecule has 0 spiro atoms. The van der Waals surface area contributed by atoms with Crippen molar-refractivity contribution in [1.82, 2.24) is 0 Å². The minimum atomic E-state index is 0.157. The molecule has 0 aliphatic heterocycles. The lowest BCUT2D eigenvalue weighted by Crippen LogP contribution is -1.93. The van der Waals surface area contributed by atoms with Crippen LogP contribution >= 0.6 is 11.6 Å². The van der Waals surface area contributed by atoms with E-state index in [0.29, 0.717) is 16.2 Å². The molecule has 0 aromatic heterocycles. The van der Waals surface area contributed by atoms with E-state index in [1.165, 1.54) is 0 Å². The zero-order valence-corrected chi connectivity index (χ0v) is 9.97. The summed E-state index contributed by atoms with van der Waals surface area (Å²) in [6, 6.07) is 5.34. The molecule has 0 bridgehead atoms. The van der Waals surface area contributed by atoms with Crippen molar-refractivity contribution in [2.24, 2.45) is 0 Å². The number of aliphatic hydroxyl groups excluding tert-OH is 1. The molecule has 0 amide bonds. The van der Waals surface area contributed by atoms with Gasteiger partial charge in [0.25, 0.3) is 0 Å². The van der Waals surface area contributed by atoms with Gasteiger partial charge in [-0.3, -0.25) is 0 Å². The summed E-state index contributed by atoms with van der Waals surface area (Å²) in [4.78, 5) is 0. The van der Waals surface area contributed by atoms with E-state index >= 15 is 0 Å². The number of allylic oxidation sites excluding steroid dienone is 3. The van der Waals surface area contributed by atoms with Crippen molar-refractivity contribution in [1.29, 1.82) is 5.26 Å². The van der Waals surface area contributed by atoms with Gasteiger partial charge in [-0.1, -0.05) is 24.3 Å². The van der Waals surface area contributed by atoms with Gasteiger partial charge in [-0.2, -0.15) is 5.26 Å². The molecule has 0 heterocycles. The van der Waals surface area contributed by atoms with Crippen LogP contribution in [0.2, 0.25) is 5.02 Å². The molecule has 3 heteroatoms. The lowest BCUT2D eigenvalue weighted by atomic mass is 9.97. The summed E-state index contributed by atoms with van der Waals surface area (Å²) in [6.45, 7) is 7.06. The molecule has 1 rings (SSSR count). The van der Waals surface area contributed by atoms with Gasteiger partial charge in [0.05, 0.1) is 22.4 Å². The molecule has 0 saturated heterocycles. The smallest absolute Gasteiger partial charge is 0.0992 e. The average molecular weight is 234 g/mol. The van der Waals surface area contributed by atoms with Gasteiger partial charge >= 0.3 is 0 Å². The third-order valence-corrected chi connectivity index (χ3v) is 2.58. The molecule has 0 aliphatic carbocycles. The summed E-state index contributed by atoms with van der Waals surface area (Å²) in [7, 11) is 0. The van der Waals surface area contributed by atoms with E-state index in [1.807, 2.05) is 13.0 Å². The number of nitriles is 1. The summed E-state index contributed by atoms with van der Waals surface area (Å²) < 4.78 is 0. The largest absolute Gasteiger partial charge is 0.512 e. The second kappa shape index (κ2) is 4.87. The molecule has 0 saturated carbocycles. The second-order valence-electron chi connectivity index (χ2n) is 3.46. The Bertz CT molecular complexity index is 482. The molecule has 0 aliphatic rings. The predicted octanol–water partition coefficient (Wildman–Crippen LogP) is 4.00. The van der Waals surface area contributed by atoms with Gasteiger partial charge in [0, 0.05) is 11.1 Å². The van der Waals surface area contributed by atoms with Crippen molar-refractivity contribution >= 4 is 17.2 Å². The Labute approximate surface area is 100 Å². The van der Waals surface area contributed by atoms with Gasteiger partial charge in [-0.25, -0.2) is 0 Å². The maximum Gasteiger partial charge on any atom is 0.0992 e. The van der Waals surface area contributed by atoms with Crippen LogP contribution in [0.15, 0.2) is 30.5 Å². The lowest BCUT2D eigenvalue weighted by Gasteiger charge is -2.10. The first kappa shape index (κ1) is 12.4. The van der Waals surface area contributed by atoms with E-state index in [4.69, 9.17) is 16.9 Å². The van der Waals surface area contributed by atoms with E-state index in [2.05, 4.69) is 6.58 Å². The molecule has 0 atom stereocenters. The standard InChI is InChI=1S/C13H12ClNO/c1-4-11(9(3)16)13-8(2)5-10(7-15)6-12(13)14/h4-6,16H,1H2,2-3H3/b11-9-. The van der Waals surface area contributed by atoms with Gasteiger partial charge in [0.2, 0.25) is 0 Å². The molecule has 1 aromatic rings. The van der Waals surface area contributed by atoms with E-state index in [1.54, 1.807) is 25.1 Å². The first-order valence-electron chi connectivity index (χ1n) is 4.74. The monoisotopic (exact) mass is 233 g/mol. The molecule has 0 fully saturated rings. The molecule has 0 unspecified atom stereocenters. The summed E-state index contributed by atoms with van der Waals surface area (Å²) >= 11 is 6.09. The number of hydrogen-bond acceptors (Lipinski definition) is 2. The fraction of sp³-hybridized carbons (Fsp3) is 0.154. The molecular formula is C13H12ClNO. The highest BCUT2D eigenvalue weighted by atomic mass is 35.5. The van der Waals surface area contributed by atoms with Gasteiger partial charge in [0.1, 0.15) is 0 Å². The van der Waals surface area contributed by atoms with E-state index in [0.717, 1.165) is 11.1 Å². The number of rotatable bonds is 2. The van der Waals surface area contributed by atoms with Crippen molar-refractivity contribution in [3.05, 3.63) is 52.3 Å². The van der Waals surface area contributed by atoms with Crippen LogP contribution in [0.1, 0.15) is 23.6 Å². The van der Waals surface area contributed by atoms with Crippen LogP contribution in [0, 0.1) is 18.3 Å². The maximum atomic E-state index is 9.53. The molecule has 2 nitrogen and oxygen atoms in total. The van der Waals surface area contributed by atoms with Gasteiger partial charge in [-0.05, 0) is 31.5 Å². The highest BCUT2D eigenvalue weighted by Crippen LogP contribution is 2.30. The normalized spacial score (nSPS) is 11.6. The minimum absolute atomic E-state index is 0.157. The third kappa shape index (κ3) is 2.26. The first-order chi connectivity index (χ1) is 7.51. The van der Waals surface area contributed by atoms with Crippen LogP contribution < -0.4 is 0 Å². The number of halogens is 1. The number of aliphatic hydroxyl groups is 1. The summed E-state index contributed by atoms with van der Waals surface area (Å²) in [6.07, 6.45) is 1.55. The Morgan fingerprint density at radius 3 is 2.56 bits per heavy atom. The Hall–Kier alpha value is -1.72. The molecular weight excluding hydrogens is 222 g/mol. The number of aryl methyl sites for hydroxylation is 1. The van der Waals surface area contributed by atoms with E-state index in [-0.39, 0.29) is 5.76 Å². The van der Waals surface area contributed by atoms with Crippen molar-refractivity contribution < 1.29 is 5.11 Å². The summed E-state index contributed by atoms with van der Waals surface area (Å²) in [5.41, 5.74) is 2.65. The Kier molecular flexibility index (Phi) is 3.76. The van der Waals surface area contributed by atoms with E-state index < -0.39 is 0 Å². The summed E-state index contributed by atoms with van der Waals surface area (Å²) in [5.74, 6) is 0.157. The highest BCUT2D eigenvalue weighted by molar-refractivity contribution is 6.32. The van der Waals surface area contributed by atoms with Crippen LogP contribution in [0.3, 0.4) is 0 Å². The van der Waals surface area contributed by atoms with Crippen molar-refractivity contribution in [2.75, 3.05) is 0 Å². The fourth-order valence-electron chi connectivity index (χ4n) is 1.58. The average Bonchev–Trinajstić information content (AvgIpc) is 2.22. The van der Waals surface area contributed by atoms with E-state index in [9.17, 15) is 5.11 Å². The van der Waals surface area contributed by atoms with Crippen LogP contribution in [-0.4, -0.2) is 5.11 Å². The second-order valence-corrected chi connectivity index (χ2v) is 3.87. The molecule has 1 N–H and O–H groups in total. The van der Waals surface area contributed by atoms with Crippen molar-refractivity contribution in [2.45, 2.75) is 13.8 Å². The zero-order valence-electron chi connectivity index (χ0n) is 9.21. The fourth-order valence-corrected chi connectivity index (χ4v) is 1.95. The minimum Gasteiger partial charge on any atom is -0.512 e. The maximum absolute atomic E-state index is 9.53. The number of hydrogen-bond donors (Lipinski definition) is 1. The van der Waals surface area contributed by atoms with Crippen LogP contribution in [0.5, 0.6) is 0 Å². The van der Waals surface area contributed by atoms with Gasteiger partial charge in [-0.15, -0.1) is 0 Å². The number of nitrogens with zero attached hydrogens (tertiary/aromatic N) is 1. The SMILES string of the molecule is C=C/C(=C(\C)O)c1c(C)cc(C#N)cc1Cl. The lowest BCUT2D eigenvalue weighted by molar-refractivity contribution is 0.417. The van der Waals surface area contributed by atoms with Crippen molar-refractivity contribution in [3.8, 4) is 6.07 Å². The Morgan fingerprint density at radius 2 is 2.19 bits per heavy atom. The highest BCUT2D eigenvalue weighted by Gasteiger charge is 2.11. The van der Waals surface area contributed by atoms with Gasteiger partial charge < -0.3 is 5.11 Å². The Morgan fingerprint density at radius 1 is 1.56 bits per heavy atom.